The molecule has 0 spiro atoms. The van der Waals surface area contributed by atoms with E-state index in [0.717, 1.165) is 5.71 Å². The highest BCUT2D eigenvalue weighted by molar-refractivity contribution is 6.44. The van der Waals surface area contributed by atoms with Crippen LogP contribution in [0.5, 0.6) is 0 Å². The minimum absolute atomic E-state index is 0.00887. The average Bonchev–Trinajstić information content (AvgIpc) is 2.45. The predicted octanol–water partition coefficient (Wildman–Crippen LogP) is 2.98. The van der Waals surface area contributed by atoms with Crippen molar-refractivity contribution >= 4 is 11.4 Å². The monoisotopic (exact) mass is 210 g/mol. The van der Waals surface area contributed by atoms with Crippen LogP contribution >= 0.6 is 0 Å². The Hall–Kier alpha value is -0.860. The van der Waals surface area contributed by atoms with Gasteiger partial charge in [-0.1, -0.05) is 39.8 Å². The third-order valence-electron chi connectivity index (χ3n) is 5.19. The molecule has 1 fully saturated rings. The molecule has 0 aliphatic heterocycles. The summed E-state index contributed by atoms with van der Waals surface area (Å²) >= 11 is 0. The Morgan fingerprint density at radius 2 is 1.40 bits per heavy atom. The Morgan fingerprint density at radius 3 is 1.60 bits per heavy atom. The molecule has 0 saturated heterocycles. The van der Waals surface area contributed by atoms with E-state index in [-0.39, 0.29) is 16.2 Å². The van der Waals surface area contributed by atoms with Crippen molar-refractivity contribution < 1.29 is 5.21 Å². The van der Waals surface area contributed by atoms with Gasteiger partial charge < -0.3 is 5.21 Å². The molecule has 1 rings (SSSR count). The molecule has 0 heterocycles. The summed E-state index contributed by atoms with van der Waals surface area (Å²) < 4.78 is 0. The normalized spacial score (nSPS) is 27.7. The lowest BCUT2D eigenvalue weighted by Gasteiger charge is -2.17. The zero-order valence-corrected chi connectivity index (χ0v) is 10.8. The Morgan fingerprint density at radius 1 is 1.00 bits per heavy atom. The molecule has 1 aliphatic carbocycles. The standard InChI is InChI=1S/C12H22N2O/c1-8(14-15)9(13-7)12(6)10(2,3)11(12,4)5/h15H,1-7H3/b13-9?,14-8-. The molecule has 3 heteroatoms. The second-order valence-corrected chi connectivity index (χ2v) is 5.63. The van der Waals surface area contributed by atoms with E-state index in [2.05, 4.69) is 44.8 Å². The van der Waals surface area contributed by atoms with Crippen molar-refractivity contribution in [2.24, 2.45) is 26.4 Å². The Labute approximate surface area is 92.3 Å². The van der Waals surface area contributed by atoms with Crippen LogP contribution < -0.4 is 0 Å². The molecule has 0 aromatic rings. The maximum absolute atomic E-state index is 8.87. The number of hydrogen-bond donors (Lipinski definition) is 1. The third kappa shape index (κ3) is 1.12. The van der Waals surface area contributed by atoms with Crippen molar-refractivity contribution in [2.75, 3.05) is 7.05 Å². The molecule has 0 unspecified atom stereocenters. The molecule has 0 radical (unpaired) electrons. The maximum Gasteiger partial charge on any atom is 0.0980 e. The largest absolute Gasteiger partial charge is 0.411 e. The van der Waals surface area contributed by atoms with E-state index in [1.54, 1.807) is 14.0 Å². The van der Waals surface area contributed by atoms with Gasteiger partial charge in [0.1, 0.15) is 0 Å². The van der Waals surface area contributed by atoms with E-state index >= 15 is 0 Å². The summed E-state index contributed by atoms with van der Waals surface area (Å²) in [6, 6.07) is 0. The van der Waals surface area contributed by atoms with E-state index in [9.17, 15) is 0 Å². The highest BCUT2D eigenvalue weighted by Crippen LogP contribution is 2.78. The van der Waals surface area contributed by atoms with E-state index in [1.807, 2.05) is 0 Å². The molecular formula is C12H22N2O. The fourth-order valence-electron chi connectivity index (χ4n) is 2.98. The summed E-state index contributed by atoms with van der Waals surface area (Å²) in [5.74, 6) is 0. The fraction of sp³-hybridized carbons (Fsp3) is 0.833. The molecule has 0 atom stereocenters. The van der Waals surface area contributed by atoms with Crippen LogP contribution in [0, 0.1) is 16.2 Å². The quantitative estimate of drug-likeness (QED) is 0.425. The number of rotatable bonds is 2. The maximum atomic E-state index is 8.87. The summed E-state index contributed by atoms with van der Waals surface area (Å²) in [5.41, 5.74) is 1.89. The van der Waals surface area contributed by atoms with Crippen LogP contribution in [0.3, 0.4) is 0 Å². The van der Waals surface area contributed by atoms with Crippen LogP contribution in [0.4, 0.5) is 0 Å². The second-order valence-electron chi connectivity index (χ2n) is 5.63. The van der Waals surface area contributed by atoms with Gasteiger partial charge in [-0.05, 0) is 17.8 Å². The van der Waals surface area contributed by atoms with E-state index in [1.165, 1.54) is 0 Å². The second kappa shape index (κ2) is 3.06. The van der Waals surface area contributed by atoms with Crippen LogP contribution in [0.25, 0.3) is 0 Å². The van der Waals surface area contributed by atoms with E-state index in [4.69, 9.17) is 5.21 Å². The van der Waals surface area contributed by atoms with Crippen LogP contribution in [-0.4, -0.2) is 23.7 Å². The van der Waals surface area contributed by atoms with Gasteiger partial charge in [-0.2, -0.15) is 0 Å². The molecule has 15 heavy (non-hydrogen) atoms. The van der Waals surface area contributed by atoms with Gasteiger partial charge in [-0.3, -0.25) is 4.99 Å². The first-order chi connectivity index (χ1) is 6.68. The topological polar surface area (TPSA) is 45.0 Å². The van der Waals surface area contributed by atoms with Crippen molar-refractivity contribution in [1.82, 2.24) is 0 Å². The average molecular weight is 210 g/mol. The summed E-state index contributed by atoms with van der Waals surface area (Å²) in [7, 11) is 1.76. The van der Waals surface area contributed by atoms with Crippen molar-refractivity contribution in [2.45, 2.75) is 41.5 Å². The predicted molar refractivity (Wildman–Crippen MR) is 63.9 cm³/mol. The van der Waals surface area contributed by atoms with Gasteiger partial charge in [0.15, 0.2) is 0 Å². The lowest BCUT2D eigenvalue weighted by atomic mass is 9.88. The highest BCUT2D eigenvalue weighted by atomic mass is 16.4. The zero-order valence-electron chi connectivity index (χ0n) is 10.8. The smallest absolute Gasteiger partial charge is 0.0980 e. The molecule has 0 bridgehead atoms. The number of hydrogen-bond acceptors (Lipinski definition) is 3. The third-order valence-corrected chi connectivity index (χ3v) is 5.19. The van der Waals surface area contributed by atoms with Gasteiger partial charge in [0, 0.05) is 12.5 Å². The molecule has 1 saturated carbocycles. The summed E-state index contributed by atoms with van der Waals surface area (Å²) in [6.45, 7) is 13.0. The zero-order chi connectivity index (χ0) is 12.1. The van der Waals surface area contributed by atoms with Crippen molar-refractivity contribution in [1.29, 1.82) is 0 Å². The van der Waals surface area contributed by atoms with Crippen LogP contribution in [-0.2, 0) is 0 Å². The summed E-state index contributed by atoms with van der Waals surface area (Å²) in [4.78, 5) is 4.31. The van der Waals surface area contributed by atoms with Gasteiger partial charge in [0.2, 0.25) is 0 Å². The Bertz CT molecular complexity index is 324. The van der Waals surface area contributed by atoms with Crippen molar-refractivity contribution in [3.05, 3.63) is 0 Å². The Kier molecular flexibility index (Phi) is 2.49. The summed E-state index contributed by atoms with van der Waals surface area (Å²) in [5, 5.41) is 12.2. The van der Waals surface area contributed by atoms with Crippen LogP contribution in [0.2, 0.25) is 0 Å². The highest BCUT2D eigenvalue weighted by Gasteiger charge is 2.76. The minimum atomic E-state index is -0.00887. The van der Waals surface area contributed by atoms with Gasteiger partial charge >= 0.3 is 0 Å². The molecule has 0 aromatic heterocycles. The lowest BCUT2D eigenvalue weighted by Crippen LogP contribution is -2.26. The van der Waals surface area contributed by atoms with Gasteiger partial charge in [-0.25, -0.2) is 0 Å². The van der Waals surface area contributed by atoms with Gasteiger partial charge in [-0.15, -0.1) is 0 Å². The Balaban J connectivity index is 3.22. The van der Waals surface area contributed by atoms with Gasteiger partial charge in [0.05, 0.1) is 11.4 Å². The van der Waals surface area contributed by atoms with Crippen LogP contribution in [0.15, 0.2) is 10.1 Å². The lowest BCUT2D eigenvalue weighted by molar-refractivity contribution is 0.319. The van der Waals surface area contributed by atoms with E-state index in [0.29, 0.717) is 5.71 Å². The molecule has 1 aliphatic rings. The number of oxime groups is 1. The van der Waals surface area contributed by atoms with Crippen molar-refractivity contribution in [3.63, 3.8) is 0 Å². The minimum Gasteiger partial charge on any atom is -0.411 e. The molecule has 1 N–H and O–H groups in total. The van der Waals surface area contributed by atoms with Crippen molar-refractivity contribution in [3.8, 4) is 0 Å². The first kappa shape index (κ1) is 12.2. The fourth-order valence-corrected chi connectivity index (χ4v) is 2.98. The molecule has 0 amide bonds. The molecule has 0 aromatic carbocycles. The number of nitrogens with zero attached hydrogens (tertiary/aromatic N) is 2. The van der Waals surface area contributed by atoms with E-state index < -0.39 is 0 Å². The first-order valence-electron chi connectivity index (χ1n) is 5.34. The molecule has 86 valence electrons. The molecular weight excluding hydrogens is 188 g/mol. The molecule has 3 nitrogen and oxygen atoms in total. The SMILES string of the molecule is CN=C(/C(C)=N\O)C1(C)C(C)(C)C1(C)C. The van der Waals surface area contributed by atoms with Crippen LogP contribution in [0.1, 0.15) is 41.5 Å². The van der Waals surface area contributed by atoms with Gasteiger partial charge in [0.25, 0.3) is 0 Å². The first-order valence-corrected chi connectivity index (χ1v) is 5.34. The summed E-state index contributed by atoms with van der Waals surface area (Å²) in [6.07, 6.45) is 0. The number of aliphatic imine (C=N–C) groups is 1.